The average molecular weight is 290 g/mol. The molecule has 0 radical (unpaired) electrons. The van der Waals surface area contributed by atoms with Crippen LogP contribution in [0.25, 0.3) is 10.8 Å². The molecule has 1 saturated carbocycles. The molecule has 0 amide bonds. The van der Waals surface area contributed by atoms with Crippen molar-refractivity contribution >= 4 is 27.7 Å². The van der Waals surface area contributed by atoms with Gasteiger partial charge in [0.25, 0.3) is 11.3 Å². The molecule has 0 aliphatic heterocycles. The molecule has 106 valence electrons. The van der Waals surface area contributed by atoms with Crippen LogP contribution in [0.2, 0.25) is 0 Å². The molecule has 1 aromatic carbocycles. The van der Waals surface area contributed by atoms with Crippen molar-refractivity contribution in [2.45, 2.75) is 38.1 Å². The minimum absolute atomic E-state index is 0.147. The fraction of sp³-hybridized carbons (Fsp3) is 0.400. The number of rotatable bonds is 3. The highest BCUT2D eigenvalue weighted by molar-refractivity contribution is 7.80. The quantitative estimate of drug-likeness (QED) is 0.880. The molecule has 0 spiro atoms. The Labute approximate surface area is 121 Å². The molecule has 1 aliphatic carbocycles. The van der Waals surface area contributed by atoms with Crippen LogP contribution in [0.3, 0.4) is 0 Å². The zero-order valence-corrected chi connectivity index (χ0v) is 12.1. The Morgan fingerprint density at radius 1 is 1.20 bits per heavy atom. The van der Waals surface area contributed by atoms with Gasteiger partial charge >= 0.3 is 0 Å². The Hall–Kier alpha value is -1.46. The molecule has 1 N–H and O–H groups in total. The second kappa shape index (κ2) is 5.89. The summed E-state index contributed by atoms with van der Waals surface area (Å²) in [6.07, 6.45) is 8.96. The highest BCUT2D eigenvalue weighted by Gasteiger charge is 2.26. The maximum absolute atomic E-state index is 11.9. The van der Waals surface area contributed by atoms with Gasteiger partial charge < -0.3 is 0 Å². The lowest BCUT2D eigenvalue weighted by Crippen LogP contribution is -2.38. The minimum Gasteiger partial charge on any atom is -0.289 e. The largest absolute Gasteiger partial charge is 0.289 e. The van der Waals surface area contributed by atoms with E-state index in [0.717, 1.165) is 42.1 Å². The average Bonchev–Trinajstić information content (AvgIpc) is 2.48. The van der Waals surface area contributed by atoms with Crippen molar-refractivity contribution in [3.05, 3.63) is 36.7 Å². The number of anilines is 1. The van der Waals surface area contributed by atoms with Crippen molar-refractivity contribution in [1.82, 2.24) is 4.98 Å². The van der Waals surface area contributed by atoms with Gasteiger partial charge in [0.1, 0.15) is 0 Å². The lowest BCUT2D eigenvalue weighted by molar-refractivity contribution is 0.435. The molecular formula is C15H18N2O2S. The van der Waals surface area contributed by atoms with Crippen LogP contribution >= 0.6 is 0 Å². The molecule has 1 aliphatic rings. The van der Waals surface area contributed by atoms with Crippen LogP contribution < -0.4 is 4.31 Å². The molecular weight excluding hydrogens is 272 g/mol. The summed E-state index contributed by atoms with van der Waals surface area (Å²) in [5.41, 5.74) is 0.831. The number of hydrogen-bond acceptors (Lipinski definition) is 2. The highest BCUT2D eigenvalue weighted by atomic mass is 32.2. The number of hydrogen-bond donors (Lipinski definition) is 1. The summed E-state index contributed by atoms with van der Waals surface area (Å²) in [4.78, 5) is 4.11. The van der Waals surface area contributed by atoms with E-state index >= 15 is 0 Å². The molecule has 2 aromatic rings. The predicted molar refractivity (Wildman–Crippen MR) is 81.9 cm³/mol. The van der Waals surface area contributed by atoms with E-state index in [1.807, 2.05) is 24.3 Å². The number of fused-ring (bicyclic) bond motifs is 1. The van der Waals surface area contributed by atoms with E-state index in [-0.39, 0.29) is 6.04 Å². The van der Waals surface area contributed by atoms with Gasteiger partial charge in [-0.05, 0) is 25.0 Å². The molecule has 1 fully saturated rings. The first-order chi connectivity index (χ1) is 9.77. The first-order valence-electron chi connectivity index (χ1n) is 7.00. The number of aromatic nitrogens is 1. The van der Waals surface area contributed by atoms with E-state index in [1.165, 1.54) is 6.42 Å². The van der Waals surface area contributed by atoms with Crippen LogP contribution in [0.1, 0.15) is 32.1 Å². The standard InChI is InChI=1S/C15H18N2O2S/c18-20(19)17(13-6-2-1-3-7-13)15-8-4-5-12-11-16-10-9-14(12)15/h4-5,8-11,13H,1-3,6-7H2,(H,18,19). The van der Waals surface area contributed by atoms with E-state index in [2.05, 4.69) is 4.98 Å². The third-order valence-electron chi connectivity index (χ3n) is 3.97. The summed E-state index contributed by atoms with van der Waals surface area (Å²) in [7, 11) is 0. The maximum Gasteiger partial charge on any atom is 0.262 e. The van der Waals surface area contributed by atoms with Gasteiger partial charge in [0, 0.05) is 29.2 Å². The molecule has 0 bridgehead atoms. The van der Waals surface area contributed by atoms with E-state index in [0.29, 0.717) is 0 Å². The van der Waals surface area contributed by atoms with Crippen LogP contribution in [-0.2, 0) is 11.3 Å². The van der Waals surface area contributed by atoms with Crippen LogP contribution in [0.5, 0.6) is 0 Å². The van der Waals surface area contributed by atoms with Crippen molar-refractivity contribution < 1.29 is 8.76 Å². The molecule has 1 atom stereocenters. The summed E-state index contributed by atoms with van der Waals surface area (Å²) in [5, 5.41) is 1.98. The molecule has 1 heterocycles. The van der Waals surface area contributed by atoms with Gasteiger partial charge in [0.15, 0.2) is 0 Å². The maximum atomic E-state index is 11.9. The van der Waals surface area contributed by atoms with E-state index in [4.69, 9.17) is 0 Å². The lowest BCUT2D eigenvalue weighted by Gasteiger charge is -2.33. The SMILES string of the molecule is O=S(O)N(c1cccc2cnccc12)C1CCCCC1. The first-order valence-corrected chi connectivity index (χ1v) is 8.06. The Morgan fingerprint density at radius 3 is 2.75 bits per heavy atom. The topological polar surface area (TPSA) is 53.4 Å². The molecule has 4 nitrogen and oxygen atoms in total. The first kappa shape index (κ1) is 13.5. The van der Waals surface area contributed by atoms with Gasteiger partial charge in [-0.2, -0.15) is 0 Å². The van der Waals surface area contributed by atoms with Gasteiger partial charge in [-0.15, -0.1) is 0 Å². The van der Waals surface area contributed by atoms with Crippen LogP contribution in [0.15, 0.2) is 36.7 Å². The van der Waals surface area contributed by atoms with Crippen LogP contribution in [-0.4, -0.2) is 19.8 Å². The molecule has 20 heavy (non-hydrogen) atoms. The summed E-state index contributed by atoms with van der Waals surface area (Å²) < 4.78 is 23.3. The fourth-order valence-corrected chi connectivity index (χ4v) is 3.81. The Morgan fingerprint density at radius 2 is 2.00 bits per heavy atom. The third kappa shape index (κ3) is 2.55. The summed E-state index contributed by atoms with van der Waals surface area (Å²) in [6.45, 7) is 0. The van der Waals surface area contributed by atoms with E-state index < -0.39 is 11.3 Å². The molecule has 5 heteroatoms. The predicted octanol–water partition coefficient (Wildman–Crippen LogP) is 3.51. The zero-order valence-electron chi connectivity index (χ0n) is 11.2. The summed E-state index contributed by atoms with van der Waals surface area (Å²) in [6, 6.07) is 7.87. The smallest absolute Gasteiger partial charge is 0.262 e. The van der Waals surface area contributed by atoms with Crippen molar-refractivity contribution in [3.63, 3.8) is 0 Å². The molecule has 1 aromatic heterocycles. The molecule has 1 unspecified atom stereocenters. The fourth-order valence-electron chi connectivity index (χ4n) is 3.02. The number of pyridine rings is 1. The second-order valence-electron chi connectivity index (χ2n) is 5.22. The third-order valence-corrected chi connectivity index (χ3v) is 4.80. The molecule has 3 rings (SSSR count). The highest BCUT2D eigenvalue weighted by Crippen LogP contribution is 2.33. The van der Waals surface area contributed by atoms with Crippen LogP contribution in [0.4, 0.5) is 5.69 Å². The van der Waals surface area contributed by atoms with Crippen molar-refractivity contribution in [3.8, 4) is 0 Å². The van der Waals surface area contributed by atoms with E-state index in [1.54, 1.807) is 16.7 Å². The van der Waals surface area contributed by atoms with Crippen molar-refractivity contribution in [1.29, 1.82) is 0 Å². The Kier molecular flexibility index (Phi) is 3.98. The van der Waals surface area contributed by atoms with Crippen molar-refractivity contribution in [2.75, 3.05) is 4.31 Å². The zero-order chi connectivity index (χ0) is 13.9. The van der Waals surface area contributed by atoms with Gasteiger partial charge in [0.05, 0.1) is 5.69 Å². The Balaban J connectivity index is 2.07. The Bertz CT molecular complexity index is 621. The second-order valence-corrected chi connectivity index (χ2v) is 6.08. The number of nitrogens with zero attached hydrogens (tertiary/aromatic N) is 2. The van der Waals surface area contributed by atoms with Gasteiger partial charge in [-0.1, -0.05) is 31.4 Å². The molecule has 0 saturated heterocycles. The van der Waals surface area contributed by atoms with Gasteiger partial charge in [-0.3, -0.25) is 13.8 Å². The van der Waals surface area contributed by atoms with Crippen LogP contribution in [0, 0.1) is 0 Å². The van der Waals surface area contributed by atoms with E-state index in [9.17, 15) is 8.76 Å². The van der Waals surface area contributed by atoms with Gasteiger partial charge in [0.2, 0.25) is 0 Å². The van der Waals surface area contributed by atoms with Crippen molar-refractivity contribution in [2.24, 2.45) is 0 Å². The van der Waals surface area contributed by atoms with Gasteiger partial charge in [-0.25, -0.2) is 4.21 Å². The monoisotopic (exact) mass is 290 g/mol. The minimum atomic E-state index is -1.99. The number of benzene rings is 1. The summed E-state index contributed by atoms with van der Waals surface area (Å²) in [5.74, 6) is 0. The lowest BCUT2D eigenvalue weighted by atomic mass is 9.95. The summed E-state index contributed by atoms with van der Waals surface area (Å²) >= 11 is -1.99. The normalized spacial score (nSPS) is 18.1.